The summed E-state index contributed by atoms with van der Waals surface area (Å²) in [6.07, 6.45) is -0.164. The molecule has 5 heteroatoms. The van der Waals surface area contributed by atoms with E-state index in [1.54, 1.807) is 18.2 Å². The predicted molar refractivity (Wildman–Crippen MR) is 80.7 cm³/mol. The Labute approximate surface area is 125 Å². The van der Waals surface area contributed by atoms with Gasteiger partial charge in [-0.25, -0.2) is 0 Å². The quantitative estimate of drug-likeness (QED) is 0.809. The Balaban J connectivity index is 2.43. The van der Waals surface area contributed by atoms with Crippen molar-refractivity contribution in [3.05, 3.63) is 35.4 Å². The van der Waals surface area contributed by atoms with E-state index in [4.69, 9.17) is 5.26 Å². The molecule has 0 unspecified atom stereocenters. The Morgan fingerprint density at radius 2 is 1.67 bits per heavy atom. The molecular weight excluding hydrogens is 266 g/mol. The van der Waals surface area contributed by atoms with Crippen LogP contribution in [0.5, 0.6) is 0 Å². The maximum atomic E-state index is 11.9. The molecule has 0 aliphatic carbocycles. The van der Waals surface area contributed by atoms with Crippen LogP contribution in [0.15, 0.2) is 24.3 Å². The molecule has 0 radical (unpaired) electrons. The van der Waals surface area contributed by atoms with Gasteiger partial charge in [-0.2, -0.15) is 5.26 Å². The van der Waals surface area contributed by atoms with Crippen LogP contribution in [0, 0.1) is 11.3 Å². The molecule has 1 aromatic carbocycles. The molecule has 1 aromatic rings. The second-order valence-electron chi connectivity index (χ2n) is 5.77. The summed E-state index contributed by atoms with van der Waals surface area (Å²) in [6, 6.07) is 9.25. The van der Waals surface area contributed by atoms with Crippen molar-refractivity contribution in [3.63, 3.8) is 0 Å². The van der Waals surface area contributed by atoms with Crippen LogP contribution in [0.25, 0.3) is 0 Å². The third-order valence-corrected chi connectivity index (χ3v) is 2.99. The Bertz CT molecular complexity index is 536. The van der Waals surface area contributed by atoms with E-state index in [-0.39, 0.29) is 23.7 Å². The first-order chi connectivity index (χ1) is 9.84. The van der Waals surface area contributed by atoms with Crippen molar-refractivity contribution in [2.75, 3.05) is 13.1 Å². The van der Waals surface area contributed by atoms with Crippen LogP contribution in [0.3, 0.4) is 0 Å². The molecule has 0 atom stereocenters. The summed E-state index contributed by atoms with van der Waals surface area (Å²) >= 11 is 0. The molecular formula is C16H21N3O2. The van der Waals surface area contributed by atoms with Crippen molar-refractivity contribution in [2.45, 2.75) is 32.6 Å². The summed E-state index contributed by atoms with van der Waals surface area (Å²) in [6.45, 7) is 6.99. The maximum absolute atomic E-state index is 11.9. The topological polar surface area (TPSA) is 82.0 Å². The molecule has 0 fully saturated rings. The van der Waals surface area contributed by atoms with Gasteiger partial charge in [0, 0.05) is 18.7 Å². The molecule has 2 amide bonds. The summed E-state index contributed by atoms with van der Waals surface area (Å²) in [5.74, 6) is -0.508. The molecule has 0 bridgehead atoms. The van der Waals surface area contributed by atoms with Crippen LogP contribution in [0.4, 0.5) is 0 Å². The molecule has 2 N–H and O–H groups in total. The Morgan fingerprint density at radius 1 is 1.10 bits per heavy atom. The fourth-order valence-electron chi connectivity index (χ4n) is 1.74. The van der Waals surface area contributed by atoms with E-state index in [0.29, 0.717) is 18.7 Å². The van der Waals surface area contributed by atoms with Crippen molar-refractivity contribution in [3.8, 4) is 6.07 Å². The lowest BCUT2D eigenvalue weighted by Crippen LogP contribution is -2.34. The number of hydrogen-bond donors (Lipinski definition) is 2. The van der Waals surface area contributed by atoms with Crippen LogP contribution >= 0.6 is 0 Å². The summed E-state index contributed by atoms with van der Waals surface area (Å²) in [4.78, 5) is 22.9. The first kappa shape index (κ1) is 16.7. The first-order valence-electron chi connectivity index (χ1n) is 6.87. The van der Waals surface area contributed by atoms with Gasteiger partial charge in [0.25, 0.3) is 5.91 Å². The van der Waals surface area contributed by atoms with Gasteiger partial charge < -0.3 is 10.6 Å². The fraction of sp³-hybridized carbons (Fsp3) is 0.438. The number of hydrogen-bond acceptors (Lipinski definition) is 3. The highest BCUT2D eigenvalue weighted by atomic mass is 16.2. The van der Waals surface area contributed by atoms with Gasteiger partial charge in [-0.1, -0.05) is 32.9 Å². The molecule has 0 aliphatic heterocycles. The monoisotopic (exact) mass is 287 g/mol. The SMILES string of the molecule is CC(C)(C)c1ccc(C(=O)NCCNC(=O)CC#N)cc1. The standard InChI is InChI=1S/C16H21N3O2/c1-16(2,3)13-6-4-12(5-7-13)15(21)19-11-10-18-14(20)8-9-17/h4-7H,8,10-11H2,1-3H3,(H,18,20)(H,19,21). The first-order valence-corrected chi connectivity index (χ1v) is 6.87. The van der Waals surface area contributed by atoms with Crippen LogP contribution in [0.2, 0.25) is 0 Å². The normalized spacial score (nSPS) is 10.6. The summed E-state index contributed by atoms with van der Waals surface area (Å²) in [5.41, 5.74) is 1.81. The van der Waals surface area contributed by atoms with Crippen molar-refractivity contribution >= 4 is 11.8 Å². The third kappa shape index (κ3) is 5.65. The number of carbonyl (C=O) groups excluding carboxylic acids is 2. The number of nitrogens with one attached hydrogen (secondary N) is 2. The molecule has 5 nitrogen and oxygen atoms in total. The minimum absolute atomic E-state index is 0.0556. The Hall–Kier alpha value is -2.35. The van der Waals surface area contributed by atoms with E-state index in [1.807, 2.05) is 12.1 Å². The molecule has 0 saturated carbocycles. The fourth-order valence-corrected chi connectivity index (χ4v) is 1.74. The molecule has 0 aliphatic rings. The lowest BCUT2D eigenvalue weighted by atomic mass is 9.87. The van der Waals surface area contributed by atoms with E-state index < -0.39 is 0 Å². The number of amides is 2. The van der Waals surface area contributed by atoms with Crippen LogP contribution in [-0.4, -0.2) is 24.9 Å². The second kappa shape index (κ2) is 7.44. The van der Waals surface area contributed by atoms with E-state index >= 15 is 0 Å². The second-order valence-corrected chi connectivity index (χ2v) is 5.77. The predicted octanol–water partition coefficient (Wildman–Crippen LogP) is 1.74. The van der Waals surface area contributed by atoms with E-state index in [0.717, 1.165) is 0 Å². The van der Waals surface area contributed by atoms with Gasteiger partial charge in [0.1, 0.15) is 6.42 Å². The number of rotatable bonds is 5. The molecule has 112 valence electrons. The highest BCUT2D eigenvalue weighted by Crippen LogP contribution is 2.22. The van der Waals surface area contributed by atoms with Crippen molar-refractivity contribution in [1.82, 2.24) is 10.6 Å². The number of nitrogens with zero attached hydrogens (tertiary/aromatic N) is 1. The Morgan fingerprint density at radius 3 is 2.19 bits per heavy atom. The third-order valence-electron chi connectivity index (χ3n) is 2.99. The van der Waals surface area contributed by atoms with Gasteiger partial charge in [-0.15, -0.1) is 0 Å². The summed E-state index contributed by atoms with van der Waals surface area (Å²) < 4.78 is 0. The summed E-state index contributed by atoms with van der Waals surface area (Å²) in [7, 11) is 0. The molecule has 0 heterocycles. The Kier molecular flexibility index (Phi) is 5.92. The average Bonchev–Trinajstić information content (AvgIpc) is 2.43. The lowest BCUT2D eigenvalue weighted by Gasteiger charge is -2.19. The highest BCUT2D eigenvalue weighted by molar-refractivity contribution is 5.94. The van der Waals surface area contributed by atoms with Crippen LogP contribution < -0.4 is 10.6 Å². The zero-order chi connectivity index (χ0) is 15.9. The summed E-state index contributed by atoms with van der Waals surface area (Å²) in [5, 5.41) is 13.6. The van der Waals surface area contributed by atoms with Crippen LogP contribution in [0.1, 0.15) is 43.1 Å². The number of benzene rings is 1. The van der Waals surface area contributed by atoms with Gasteiger partial charge >= 0.3 is 0 Å². The van der Waals surface area contributed by atoms with Gasteiger partial charge in [0.15, 0.2) is 0 Å². The van der Waals surface area contributed by atoms with Crippen molar-refractivity contribution < 1.29 is 9.59 Å². The zero-order valence-corrected chi connectivity index (χ0v) is 12.7. The molecule has 1 rings (SSSR count). The average molecular weight is 287 g/mol. The van der Waals surface area contributed by atoms with E-state index in [1.165, 1.54) is 5.56 Å². The smallest absolute Gasteiger partial charge is 0.251 e. The zero-order valence-electron chi connectivity index (χ0n) is 12.7. The molecule has 0 spiro atoms. The largest absolute Gasteiger partial charge is 0.353 e. The molecule has 21 heavy (non-hydrogen) atoms. The van der Waals surface area contributed by atoms with Gasteiger partial charge in [-0.05, 0) is 23.1 Å². The van der Waals surface area contributed by atoms with E-state index in [9.17, 15) is 9.59 Å². The van der Waals surface area contributed by atoms with Gasteiger partial charge in [0.05, 0.1) is 6.07 Å². The molecule has 0 aromatic heterocycles. The van der Waals surface area contributed by atoms with Crippen molar-refractivity contribution in [2.24, 2.45) is 0 Å². The number of nitriles is 1. The van der Waals surface area contributed by atoms with Gasteiger partial charge in [0.2, 0.25) is 5.91 Å². The van der Waals surface area contributed by atoms with Crippen molar-refractivity contribution in [1.29, 1.82) is 5.26 Å². The highest BCUT2D eigenvalue weighted by Gasteiger charge is 2.14. The number of carbonyl (C=O) groups is 2. The van der Waals surface area contributed by atoms with Crippen LogP contribution in [-0.2, 0) is 10.2 Å². The molecule has 0 saturated heterocycles. The maximum Gasteiger partial charge on any atom is 0.251 e. The lowest BCUT2D eigenvalue weighted by molar-refractivity contribution is -0.120. The van der Waals surface area contributed by atoms with E-state index in [2.05, 4.69) is 31.4 Å². The minimum Gasteiger partial charge on any atom is -0.353 e. The minimum atomic E-state index is -0.332. The van der Waals surface area contributed by atoms with Gasteiger partial charge in [-0.3, -0.25) is 9.59 Å².